The van der Waals surface area contributed by atoms with Gasteiger partial charge in [0.15, 0.2) is 0 Å². The minimum absolute atomic E-state index is 0.0770. The van der Waals surface area contributed by atoms with Gasteiger partial charge in [-0.3, -0.25) is 0 Å². The molecule has 0 aromatic rings. The molecule has 2 nitrogen and oxygen atoms in total. The molecule has 0 saturated heterocycles. The Bertz CT molecular complexity index is 308. The number of nitriles is 1. The summed E-state index contributed by atoms with van der Waals surface area (Å²) >= 11 is 0. The Hall–Kier alpha value is -0.550. The van der Waals surface area contributed by atoms with E-state index in [1.807, 2.05) is 0 Å². The Morgan fingerprint density at radius 3 is 2.22 bits per heavy atom. The molecule has 0 heterocycles. The van der Waals surface area contributed by atoms with Crippen LogP contribution in [0.2, 0.25) is 0 Å². The molecule has 0 spiro atoms. The van der Waals surface area contributed by atoms with Crippen molar-refractivity contribution in [2.24, 2.45) is 17.3 Å². The maximum atomic E-state index is 9.27. The van der Waals surface area contributed by atoms with Gasteiger partial charge in [-0.25, -0.2) is 0 Å². The van der Waals surface area contributed by atoms with Crippen LogP contribution < -0.4 is 0 Å². The number of hydrogen-bond donors (Lipinski definition) is 0. The predicted octanol–water partition coefficient (Wildman–Crippen LogP) is 4.55. The molecule has 2 heteroatoms. The Kier molecular flexibility index (Phi) is 4.84. The van der Waals surface area contributed by atoms with Crippen molar-refractivity contribution in [3.63, 3.8) is 0 Å². The monoisotopic (exact) mass is 251 g/mol. The van der Waals surface area contributed by atoms with Crippen LogP contribution in [-0.4, -0.2) is 11.7 Å². The molecule has 0 radical (unpaired) electrons. The van der Waals surface area contributed by atoms with E-state index in [9.17, 15) is 5.26 Å². The first-order valence-corrected chi connectivity index (χ1v) is 7.27. The van der Waals surface area contributed by atoms with Gasteiger partial charge in [0, 0.05) is 0 Å². The highest BCUT2D eigenvalue weighted by molar-refractivity contribution is 4.97. The van der Waals surface area contributed by atoms with Gasteiger partial charge in [-0.1, -0.05) is 27.2 Å². The fourth-order valence-corrected chi connectivity index (χ4v) is 2.86. The second-order valence-electron chi connectivity index (χ2n) is 7.36. The van der Waals surface area contributed by atoms with Crippen LogP contribution in [0.3, 0.4) is 0 Å². The Morgan fingerprint density at radius 1 is 1.17 bits per heavy atom. The van der Waals surface area contributed by atoms with Crippen LogP contribution >= 0.6 is 0 Å². The maximum absolute atomic E-state index is 9.27. The summed E-state index contributed by atoms with van der Waals surface area (Å²) in [4.78, 5) is 0. The van der Waals surface area contributed by atoms with E-state index >= 15 is 0 Å². The minimum atomic E-state index is -0.155. The van der Waals surface area contributed by atoms with E-state index in [-0.39, 0.29) is 17.6 Å². The molecule has 104 valence electrons. The molecule has 0 N–H and O–H groups in total. The van der Waals surface area contributed by atoms with E-state index in [0.717, 1.165) is 12.8 Å². The molecule has 3 atom stereocenters. The van der Waals surface area contributed by atoms with Gasteiger partial charge in [0.1, 0.15) is 0 Å². The van der Waals surface area contributed by atoms with Crippen LogP contribution in [-0.2, 0) is 4.74 Å². The zero-order valence-electron chi connectivity index (χ0n) is 12.9. The van der Waals surface area contributed by atoms with Gasteiger partial charge in [-0.2, -0.15) is 5.26 Å². The van der Waals surface area contributed by atoms with Gasteiger partial charge in [0.05, 0.1) is 23.7 Å². The SMILES string of the molecule is CCC(C)(C)C1CCC(C#N)C(OC(C)(C)C)C1. The summed E-state index contributed by atoms with van der Waals surface area (Å²) in [6.45, 7) is 13.2. The summed E-state index contributed by atoms with van der Waals surface area (Å²) in [5.74, 6) is 0.757. The molecular weight excluding hydrogens is 222 g/mol. The standard InChI is InChI=1S/C16H29NO/c1-7-16(5,6)13-9-8-12(11-17)14(10-13)18-15(2,3)4/h12-14H,7-10H2,1-6H3. The fraction of sp³-hybridized carbons (Fsp3) is 0.938. The van der Waals surface area contributed by atoms with Crippen molar-refractivity contribution < 1.29 is 4.74 Å². The lowest BCUT2D eigenvalue weighted by atomic mass is 9.67. The molecule has 1 rings (SSSR count). The first-order chi connectivity index (χ1) is 8.19. The van der Waals surface area contributed by atoms with Crippen molar-refractivity contribution in [1.82, 2.24) is 0 Å². The fourth-order valence-electron chi connectivity index (χ4n) is 2.86. The van der Waals surface area contributed by atoms with Crippen molar-refractivity contribution in [1.29, 1.82) is 5.26 Å². The first kappa shape index (κ1) is 15.5. The number of nitrogens with zero attached hydrogens (tertiary/aromatic N) is 1. The van der Waals surface area contributed by atoms with Crippen LogP contribution in [0.4, 0.5) is 0 Å². The van der Waals surface area contributed by atoms with Gasteiger partial charge >= 0.3 is 0 Å². The van der Waals surface area contributed by atoms with Crippen molar-refractivity contribution in [3.05, 3.63) is 0 Å². The number of rotatable bonds is 3. The summed E-state index contributed by atoms with van der Waals surface area (Å²) in [6.07, 6.45) is 4.50. The van der Waals surface area contributed by atoms with Crippen molar-refractivity contribution in [3.8, 4) is 6.07 Å². The lowest BCUT2D eigenvalue weighted by Crippen LogP contribution is -2.40. The molecule has 0 amide bonds. The molecule has 1 aliphatic carbocycles. The van der Waals surface area contributed by atoms with E-state index < -0.39 is 0 Å². The zero-order chi connectivity index (χ0) is 14.0. The second kappa shape index (κ2) is 5.61. The van der Waals surface area contributed by atoms with E-state index in [4.69, 9.17) is 4.74 Å². The number of ether oxygens (including phenoxy) is 1. The first-order valence-electron chi connectivity index (χ1n) is 7.27. The second-order valence-corrected chi connectivity index (χ2v) is 7.36. The third-order valence-corrected chi connectivity index (χ3v) is 4.48. The maximum Gasteiger partial charge on any atom is 0.0743 e. The summed E-state index contributed by atoms with van der Waals surface area (Å²) in [6, 6.07) is 2.44. The van der Waals surface area contributed by atoms with Gasteiger partial charge < -0.3 is 4.74 Å². The smallest absolute Gasteiger partial charge is 0.0743 e. The highest BCUT2D eigenvalue weighted by atomic mass is 16.5. The summed E-state index contributed by atoms with van der Waals surface area (Å²) in [5, 5.41) is 9.27. The third kappa shape index (κ3) is 3.99. The number of hydrogen-bond acceptors (Lipinski definition) is 2. The molecule has 0 aromatic heterocycles. The molecular formula is C16H29NO. The van der Waals surface area contributed by atoms with E-state index in [0.29, 0.717) is 11.3 Å². The molecule has 1 fully saturated rings. The Labute approximate surface area is 113 Å². The zero-order valence-corrected chi connectivity index (χ0v) is 12.9. The molecule has 3 unspecified atom stereocenters. The quantitative estimate of drug-likeness (QED) is 0.737. The van der Waals surface area contributed by atoms with Gasteiger partial charge in [-0.05, 0) is 51.4 Å². The van der Waals surface area contributed by atoms with Gasteiger partial charge in [0.2, 0.25) is 0 Å². The van der Waals surface area contributed by atoms with E-state index in [1.54, 1.807) is 0 Å². The molecule has 1 saturated carbocycles. The summed E-state index contributed by atoms with van der Waals surface area (Å²) in [7, 11) is 0. The largest absolute Gasteiger partial charge is 0.371 e. The molecule has 18 heavy (non-hydrogen) atoms. The van der Waals surface area contributed by atoms with Gasteiger partial charge in [0.25, 0.3) is 0 Å². The van der Waals surface area contributed by atoms with Crippen molar-refractivity contribution >= 4 is 0 Å². The molecule has 1 aliphatic rings. The Balaban J connectivity index is 2.76. The van der Waals surface area contributed by atoms with Crippen LogP contribution in [0.25, 0.3) is 0 Å². The average Bonchev–Trinajstić information content (AvgIpc) is 2.26. The lowest BCUT2D eigenvalue weighted by molar-refractivity contribution is -0.106. The Morgan fingerprint density at radius 2 is 1.78 bits per heavy atom. The van der Waals surface area contributed by atoms with Crippen molar-refractivity contribution in [2.45, 2.75) is 78.9 Å². The van der Waals surface area contributed by atoms with E-state index in [2.05, 4.69) is 47.6 Å². The highest BCUT2D eigenvalue weighted by Crippen LogP contribution is 2.43. The molecule has 0 aliphatic heterocycles. The normalized spacial score (nSPS) is 29.9. The van der Waals surface area contributed by atoms with E-state index in [1.165, 1.54) is 12.8 Å². The lowest BCUT2D eigenvalue weighted by Gasteiger charge is -2.43. The van der Waals surface area contributed by atoms with Crippen molar-refractivity contribution in [2.75, 3.05) is 0 Å². The van der Waals surface area contributed by atoms with Crippen LogP contribution in [0.1, 0.15) is 67.2 Å². The summed E-state index contributed by atoms with van der Waals surface area (Å²) < 4.78 is 6.13. The van der Waals surface area contributed by atoms with Crippen LogP contribution in [0.15, 0.2) is 0 Å². The topological polar surface area (TPSA) is 33.0 Å². The highest BCUT2D eigenvalue weighted by Gasteiger charge is 2.39. The molecule has 0 aromatic carbocycles. The van der Waals surface area contributed by atoms with Crippen LogP contribution in [0, 0.1) is 28.6 Å². The van der Waals surface area contributed by atoms with Gasteiger partial charge in [-0.15, -0.1) is 0 Å². The molecule has 0 bridgehead atoms. The average molecular weight is 251 g/mol. The summed E-state index contributed by atoms with van der Waals surface area (Å²) in [5.41, 5.74) is 0.206. The third-order valence-electron chi connectivity index (χ3n) is 4.48. The van der Waals surface area contributed by atoms with Crippen LogP contribution in [0.5, 0.6) is 0 Å². The minimum Gasteiger partial charge on any atom is -0.371 e. The predicted molar refractivity (Wildman–Crippen MR) is 75.1 cm³/mol.